The Bertz CT molecular complexity index is 326. The van der Waals surface area contributed by atoms with Crippen molar-refractivity contribution >= 4 is 0 Å². The van der Waals surface area contributed by atoms with Gasteiger partial charge in [0, 0.05) is 13.7 Å². The Morgan fingerprint density at radius 2 is 1.93 bits per heavy atom. The van der Waals surface area contributed by atoms with Crippen LogP contribution in [-0.2, 0) is 23.3 Å². The molecule has 2 N–H and O–H groups in total. The number of rotatable bonds is 3. The minimum absolute atomic E-state index is 0.153. The molecule has 0 bridgehead atoms. The molecule has 2 nitrogen and oxygen atoms in total. The average Bonchev–Trinajstić information content (AvgIpc) is 2.16. The first-order valence-electron chi connectivity index (χ1n) is 5.30. The maximum Gasteiger partial charge on any atom is 0.0713 e. The highest BCUT2D eigenvalue weighted by atomic mass is 16.5. The maximum absolute atomic E-state index is 5.77. The summed E-state index contributed by atoms with van der Waals surface area (Å²) in [4.78, 5) is 0. The number of hydrogen-bond acceptors (Lipinski definition) is 2. The molecule has 0 spiro atoms. The minimum Gasteiger partial charge on any atom is -0.380 e. The first kappa shape index (κ1) is 12.2. The highest BCUT2D eigenvalue weighted by Gasteiger charge is 2.17. The summed E-state index contributed by atoms with van der Waals surface area (Å²) in [5.74, 6) is 0. The molecule has 2 heteroatoms. The Labute approximate surface area is 92.4 Å². The van der Waals surface area contributed by atoms with Gasteiger partial charge < -0.3 is 10.5 Å². The first-order chi connectivity index (χ1) is 6.99. The van der Waals surface area contributed by atoms with E-state index in [0.29, 0.717) is 13.2 Å². The molecule has 0 amide bonds. The van der Waals surface area contributed by atoms with Crippen molar-refractivity contribution in [2.45, 2.75) is 39.3 Å². The summed E-state index contributed by atoms with van der Waals surface area (Å²) in [6, 6.07) is 6.42. The van der Waals surface area contributed by atoms with Crippen molar-refractivity contribution in [2.24, 2.45) is 5.73 Å². The second kappa shape index (κ2) is 4.77. The third-order valence-electron chi connectivity index (χ3n) is 2.51. The molecular formula is C13H21NO. The zero-order chi connectivity index (χ0) is 11.5. The van der Waals surface area contributed by atoms with Gasteiger partial charge in [-0.15, -0.1) is 0 Å². The van der Waals surface area contributed by atoms with E-state index in [0.717, 1.165) is 0 Å². The lowest BCUT2D eigenvalue weighted by molar-refractivity contribution is 0.185. The van der Waals surface area contributed by atoms with Gasteiger partial charge in [0.1, 0.15) is 0 Å². The van der Waals surface area contributed by atoms with Gasteiger partial charge in [0.2, 0.25) is 0 Å². The maximum atomic E-state index is 5.77. The minimum atomic E-state index is 0.153. The van der Waals surface area contributed by atoms with E-state index in [1.807, 2.05) is 0 Å². The van der Waals surface area contributed by atoms with Crippen LogP contribution in [0.5, 0.6) is 0 Å². The fraction of sp³-hybridized carbons (Fsp3) is 0.538. The molecule has 1 aromatic carbocycles. The summed E-state index contributed by atoms with van der Waals surface area (Å²) in [6.45, 7) is 7.86. The van der Waals surface area contributed by atoms with Crippen LogP contribution in [0.2, 0.25) is 0 Å². The summed E-state index contributed by atoms with van der Waals surface area (Å²) < 4.78 is 5.11. The van der Waals surface area contributed by atoms with E-state index in [9.17, 15) is 0 Å². The molecule has 0 saturated carbocycles. The second-order valence-electron chi connectivity index (χ2n) is 4.88. The third kappa shape index (κ3) is 3.05. The molecule has 0 unspecified atom stereocenters. The molecule has 0 radical (unpaired) electrons. The average molecular weight is 207 g/mol. The molecule has 0 aliphatic rings. The number of benzene rings is 1. The Morgan fingerprint density at radius 1 is 1.27 bits per heavy atom. The van der Waals surface area contributed by atoms with Crippen LogP contribution < -0.4 is 5.73 Å². The largest absolute Gasteiger partial charge is 0.380 e. The molecule has 1 aromatic rings. The Kier molecular flexibility index (Phi) is 3.89. The normalized spacial score (nSPS) is 11.8. The Morgan fingerprint density at radius 3 is 2.40 bits per heavy atom. The molecule has 0 aliphatic heterocycles. The van der Waals surface area contributed by atoms with Gasteiger partial charge in [-0.1, -0.05) is 39.0 Å². The third-order valence-corrected chi connectivity index (χ3v) is 2.51. The van der Waals surface area contributed by atoms with E-state index in [2.05, 4.69) is 39.0 Å². The number of hydrogen-bond donors (Lipinski definition) is 1. The predicted molar refractivity (Wildman–Crippen MR) is 63.7 cm³/mol. The van der Waals surface area contributed by atoms with Crippen LogP contribution in [0.3, 0.4) is 0 Å². The van der Waals surface area contributed by atoms with Crippen molar-refractivity contribution in [1.29, 1.82) is 0 Å². The molecule has 0 aliphatic carbocycles. The molecule has 0 atom stereocenters. The van der Waals surface area contributed by atoms with Crippen LogP contribution in [0.25, 0.3) is 0 Å². The number of ether oxygens (including phenoxy) is 1. The van der Waals surface area contributed by atoms with Crippen LogP contribution in [0.4, 0.5) is 0 Å². The number of nitrogens with two attached hydrogens (primary N) is 1. The van der Waals surface area contributed by atoms with Gasteiger partial charge in [0.25, 0.3) is 0 Å². The standard InChI is InChI=1S/C13H21NO/c1-13(2,3)12-6-5-10(9-15-4)7-11(12)8-14/h5-7H,8-9,14H2,1-4H3. The SMILES string of the molecule is COCc1ccc(C(C)(C)C)c(CN)c1. The van der Waals surface area contributed by atoms with Gasteiger partial charge in [-0.2, -0.15) is 0 Å². The fourth-order valence-electron chi connectivity index (χ4n) is 1.80. The summed E-state index contributed by atoms with van der Waals surface area (Å²) in [6.07, 6.45) is 0. The lowest BCUT2D eigenvalue weighted by Crippen LogP contribution is -2.16. The zero-order valence-electron chi connectivity index (χ0n) is 10.1. The summed E-state index contributed by atoms with van der Waals surface area (Å²) in [5, 5.41) is 0. The number of methoxy groups -OCH3 is 1. The Balaban J connectivity index is 3.09. The quantitative estimate of drug-likeness (QED) is 0.826. The van der Waals surface area contributed by atoms with Crippen molar-refractivity contribution in [2.75, 3.05) is 7.11 Å². The van der Waals surface area contributed by atoms with E-state index in [1.165, 1.54) is 16.7 Å². The van der Waals surface area contributed by atoms with Crippen molar-refractivity contribution in [3.05, 3.63) is 34.9 Å². The molecule has 0 aromatic heterocycles. The van der Waals surface area contributed by atoms with Crippen molar-refractivity contribution in [3.63, 3.8) is 0 Å². The van der Waals surface area contributed by atoms with Crippen molar-refractivity contribution < 1.29 is 4.74 Å². The van der Waals surface area contributed by atoms with Crippen LogP contribution in [0.1, 0.15) is 37.5 Å². The van der Waals surface area contributed by atoms with E-state index in [4.69, 9.17) is 10.5 Å². The molecule has 0 heterocycles. The van der Waals surface area contributed by atoms with Gasteiger partial charge in [-0.25, -0.2) is 0 Å². The van der Waals surface area contributed by atoms with Crippen LogP contribution in [0.15, 0.2) is 18.2 Å². The van der Waals surface area contributed by atoms with Gasteiger partial charge in [-0.3, -0.25) is 0 Å². The lowest BCUT2D eigenvalue weighted by Gasteiger charge is -2.23. The van der Waals surface area contributed by atoms with Crippen LogP contribution >= 0.6 is 0 Å². The van der Waals surface area contributed by atoms with E-state index in [-0.39, 0.29) is 5.41 Å². The lowest BCUT2D eigenvalue weighted by atomic mass is 9.83. The van der Waals surface area contributed by atoms with Crippen molar-refractivity contribution in [3.8, 4) is 0 Å². The molecule has 15 heavy (non-hydrogen) atoms. The molecule has 0 fully saturated rings. The van der Waals surface area contributed by atoms with E-state index < -0.39 is 0 Å². The van der Waals surface area contributed by atoms with Gasteiger partial charge in [0.15, 0.2) is 0 Å². The first-order valence-corrected chi connectivity index (χ1v) is 5.30. The van der Waals surface area contributed by atoms with Crippen LogP contribution in [0, 0.1) is 0 Å². The van der Waals surface area contributed by atoms with Crippen LogP contribution in [-0.4, -0.2) is 7.11 Å². The van der Waals surface area contributed by atoms with Gasteiger partial charge in [0.05, 0.1) is 6.61 Å². The topological polar surface area (TPSA) is 35.2 Å². The van der Waals surface area contributed by atoms with Crippen molar-refractivity contribution in [1.82, 2.24) is 0 Å². The van der Waals surface area contributed by atoms with E-state index in [1.54, 1.807) is 7.11 Å². The Hall–Kier alpha value is -0.860. The highest BCUT2D eigenvalue weighted by molar-refractivity contribution is 5.36. The monoisotopic (exact) mass is 207 g/mol. The summed E-state index contributed by atoms with van der Waals surface area (Å²) in [5.41, 5.74) is 9.65. The highest BCUT2D eigenvalue weighted by Crippen LogP contribution is 2.26. The summed E-state index contributed by atoms with van der Waals surface area (Å²) >= 11 is 0. The molecular weight excluding hydrogens is 186 g/mol. The molecule has 1 rings (SSSR count). The van der Waals surface area contributed by atoms with Gasteiger partial charge in [-0.05, 0) is 22.1 Å². The van der Waals surface area contributed by atoms with Gasteiger partial charge >= 0.3 is 0 Å². The van der Waals surface area contributed by atoms with E-state index >= 15 is 0 Å². The predicted octanol–water partition coefficient (Wildman–Crippen LogP) is 2.59. The summed E-state index contributed by atoms with van der Waals surface area (Å²) in [7, 11) is 1.71. The zero-order valence-corrected chi connectivity index (χ0v) is 10.1. The molecule has 84 valence electrons. The fourth-order valence-corrected chi connectivity index (χ4v) is 1.80. The smallest absolute Gasteiger partial charge is 0.0713 e. The second-order valence-corrected chi connectivity index (χ2v) is 4.88. The molecule has 0 saturated heterocycles.